The zero-order chi connectivity index (χ0) is 22.2. The second-order valence-corrected chi connectivity index (χ2v) is 7.62. The number of halogens is 1. The smallest absolute Gasteiger partial charge is 0.332 e. The van der Waals surface area contributed by atoms with Crippen LogP contribution in [0.2, 0.25) is 0 Å². The number of amides is 1. The van der Waals surface area contributed by atoms with Crippen LogP contribution in [-0.2, 0) is 14.3 Å². The van der Waals surface area contributed by atoms with Gasteiger partial charge in [-0.15, -0.1) is 11.3 Å². The molecule has 1 aliphatic heterocycles. The predicted octanol–water partition coefficient (Wildman–Crippen LogP) is -0.310. The molecule has 1 aromatic carbocycles. The first-order chi connectivity index (χ1) is 14.2. The highest BCUT2D eigenvalue weighted by Crippen LogP contribution is 2.36. The molecule has 1 atom stereocenters. The molecular formula is C20H17FN4O4S. The van der Waals surface area contributed by atoms with E-state index in [1.54, 1.807) is 6.07 Å². The fourth-order valence-corrected chi connectivity index (χ4v) is 4.31. The summed E-state index contributed by atoms with van der Waals surface area (Å²) in [6, 6.07) is 7.44. The molecule has 0 aliphatic carbocycles. The van der Waals surface area contributed by atoms with Gasteiger partial charge >= 0.3 is 5.97 Å². The number of rotatable bonds is 3. The molecule has 0 bridgehead atoms. The highest BCUT2D eigenvalue weighted by molar-refractivity contribution is 7.07. The quantitative estimate of drug-likeness (QED) is 0.670. The fourth-order valence-electron chi connectivity index (χ4n) is 3.18. The van der Waals surface area contributed by atoms with Gasteiger partial charge in [-0.3, -0.25) is 14.2 Å². The summed E-state index contributed by atoms with van der Waals surface area (Å²) in [5, 5.41) is 9.79. The van der Waals surface area contributed by atoms with Crippen molar-refractivity contribution in [2.45, 2.75) is 5.92 Å². The predicted molar refractivity (Wildman–Crippen MR) is 109 cm³/mol. The van der Waals surface area contributed by atoms with Crippen molar-refractivity contribution >= 4 is 40.7 Å². The first kappa shape index (κ1) is 21.0. The van der Waals surface area contributed by atoms with Crippen LogP contribution in [0.1, 0.15) is 11.5 Å². The van der Waals surface area contributed by atoms with Crippen molar-refractivity contribution in [2.75, 3.05) is 21.2 Å². The molecule has 2 aromatic rings. The van der Waals surface area contributed by atoms with Crippen LogP contribution in [0.15, 0.2) is 34.6 Å². The number of benzene rings is 1. The third-order valence-electron chi connectivity index (χ3n) is 4.54. The number of esters is 1. The summed E-state index contributed by atoms with van der Waals surface area (Å²) >= 11 is 0.871. The number of nitrogens with zero attached hydrogens (tertiary/aromatic N) is 3. The monoisotopic (exact) mass is 428 g/mol. The van der Waals surface area contributed by atoms with Crippen LogP contribution in [0.25, 0.3) is 17.5 Å². The zero-order valence-corrected chi connectivity index (χ0v) is 17.1. The Bertz CT molecular complexity index is 1310. The molecule has 0 saturated heterocycles. The molecule has 0 saturated carbocycles. The maximum Gasteiger partial charge on any atom is 0.332 e. The SMILES string of the molecule is COC(=O)C=c1sc2n(c1=O)C(N)=C(C#N)C(c1cccc(F)c1)C=2C(=O)N(C)C. The molecule has 2 heterocycles. The lowest BCUT2D eigenvalue weighted by molar-refractivity contribution is -0.133. The third kappa shape index (κ3) is 3.40. The lowest BCUT2D eigenvalue weighted by atomic mass is 9.83. The topological polar surface area (TPSA) is 118 Å². The van der Waals surface area contributed by atoms with E-state index in [1.807, 2.05) is 6.07 Å². The highest BCUT2D eigenvalue weighted by atomic mass is 32.1. The maximum atomic E-state index is 13.9. The van der Waals surface area contributed by atoms with E-state index >= 15 is 0 Å². The van der Waals surface area contributed by atoms with Crippen LogP contribution in [0.5, 0.6) is 0 Å². The summed E-state index contributed by atoms with van der Waals surface area (Å²) in [5.41, 5.74) is 5.85. The van der Waals surface area contributed by atoms with Crippen LogP contribution >= 0.6 is 11.3 Å². The first-order valence-corrected chi connectivity index (χ1v) is 9.45. The van der Waals surface area contributed by atoms with Gasteiger partial charge in [0.25, 0.3) is 11.5 Å². The maximum absolute atomic E-state index is 13.9. The van der Waals surface area contributed by atoms with Gasteiger partial charge < -0.3 is 15.4 Å². The number of ether oxygens (including phenoxy) is 1. The number of hydrogen-bond donors (Lipinski definition) is 1. The van der Waals surface area contributed by atoms with Crippen molar-refractivity contribution in [3.8, 4) is 6.07 Å². The summed E-state index contributed by atoms with van der Waals surface area (Å²) in [6.07, 6.45) is 0.993. The Labute approximate surface area is 174 Å². The molecule has 2 N–H and O–H groups in total. The van der Waals surface area contributed by atoms with Crippen LogP contribution in [0, 0.1) is 17.1 Å². The Morgan fingerprint density at radius 2 is 2.10 bits per heavy atom. The Morgan fingerprint density at radius 1 is 1.40 bits per heavy atom. The van der Waals surface area contributed by atoms with Crippen molar-refractivity contribution in [3.63, 3.8) is 0 Å². The largest absolute Gasteiger partial charge is 0.466 e. The minimum absolute atomic E-state index is 0.0129. The van der Waals surface area contributed by atoms with Gasteiger partial charge in [0.1, 0.15) is 20.8 Å². The van der Waals surface area contributed by atoms with E-state index in [1.165, 1.54) is 44.3 Å². The Morgan fingerprint density at radius 3 is 2.67 bits per heavy atom. The van der Waals surface area contributed by atoms with E-state index in [0.717, 1.165) is 22.0 Å². The Balaban J connectivity index is 2.52. The van der Waals surface area contributed by atoms with E-state index in [4.69, 9.17) is 5.73 Å². The molecule has 30 heavy (non-hydrogen) atoms. The minimum Gasteiger partial charge on any atom is -0.466 e. The molecule has 0 spiro atoms. The number of nitrogens with two attached hydrogens (primary N) is 1. The van der Waals surface area contributed by atoms with Crippen molar-refractivity contribution in [3.05, 3.63) is 60.8 Å². The standard InChI is InChI=1S/C20H17FN4O4S/c1-24(2)19(28)16-15(10-5-4-6-11(21)7-10)12(9-22)17(23)25-18(27)13(30-20(16)25)8-14(26)29-3/h4-8,15H,23H2,1-3H3. The van der Waals surface area contributed by atoms with Crippen molar-refractivity contribution in [1.29, 1.82) is 5.26 Å². The van der Waals surface area contributed by atoms with Gasteiger partial charge in [0.2, 0.25) is 0 Å². The van der Waals surface area contributed by atoms with Gasteiger partial charge in [-0.05, 0) is 17.7 Å². The molecular weight excluding hydrogens is 411 g/mol. The number of carbonyl (C=O) groups is 2. The van der Waals surface area contributed by atoms with Crippen LogP contribution in [0.3, 0.4) is 0 Å². The van der Waals surface area contributed by atoms with Crippen LogP contribution in [0.4, 0.5) is 4.39 Å². The third-order valence-corrected chi connectivity index (χ3v) is 5.65. The number of aromatic nitrogens is 1. The van der Waals surface area contributed by atoms with E-state index in [-0.39, 0.29) is 26.2 Å². The number of methoxy groups -OCH3 is 1. The molecule has 1 amide bonds. The van der Waals surface area contributed by atoms with Crippen LogP contribution < -0.4 is 20.5 Å². The fraction of sp³-hybridized carbons (Fsp3) is 0.200. The Hall–Kier alpha value is -3.71. The van der Waals surface area contributed by atoms with Crippen molar-refractivity contribution < 1.29 is 18.7 Å². The summed E-state index contributed by atoms with van der Waals surface area (Å²) in [5.74, 6) is -2.94. The van der Waals surface area contributed by atoms with Gasteiger partial charge in [0.15, 0.2) is 0 Å². The molecule has 8 nitrogen and oxygen atoms in total. The summed E-state index contributed by atoms with van der Waals surface area (Å²) in [6.45, 7) is 0. The van der Waals surface area contributed by atoms with Gasteiger partial charge in [0.05, 0.1) is 30.2 Å². The van der Waals surface area contributed by atoms with E-state index in [9.17, 15) is 24.0 Å². The second kappa shape index (κ2) is 7.96. The molecule has 0 fully saturated rings. The lowest BCUT2D eigenvalue weighted by Crippen LogP contribution is -2.41. The number of thiazole rings is 1. The van der Waals surface area contributed by atoms with E-state index < -0.39 is 29.2 Å². The molecule has 0 radical (unpaired) electrons. The molecule has 1 unspecified atom stereocenters. The minimum atomic E-state index is -0.982. The Kier molecular flexibility index (Phi) is 5.58. The molecule has 154 valence electrons. The summed E-state index contributed by atoms with van der Waals surface area (Å²) in [7, 11) is 4.20. The summed E-state index contributed by atoms with van der Waals surface area (Å²) in [4.78, 5) is 38.9. The van der Waals surface area contributed by atoms with Crippen molar-refractivity contribution in [2.24, 2.45) is 5.73 Å². The van der Waals surface area contributed by atoms with Gasteiger partial charge in [-0.2, -0.15) is 5.26 Å². The number of nitriles is 1. The molecule has 1 aliphatic rings. The summed E-state index contributed by atoms with van der Waals surface area (Å²) < 4.78 is 19.7. The number of fused-ring (bicyclic) bond motifs is 1. The first-order valence-electron chi connectivity index (χ1n) is 8.64. The van der Waals surface area contributed by atoms with Gasteiger partial charge in [0, 0.05) is 20.2 Å². The van der Waals surface area contributed by atoms with E-state index in [2.05, 4.69) is 4.74 Å². The van der Waals surface area contributed by atoms with Gasteiger partial charge in [-0.25, -0.2) is 9.18 Å². The average molecular weight is 428 g/mol. The number of carbonyl (C=O) groups excluding carboxylic acids is 2. The van der Waals surface area contributed by atoms with Crippen molar-refractivity contribution in [1.82, 2.24) is 9.47 Å². The number of hydrogen-bond acceptors (Lipinski definition) is 7. The zero-order valence-electron chi connectivity index (χ0n) is 16.3. The van der Waals surface area contributed by atoms with Crippen LogP contribution in [-0.4, -0.2) is 42.5 Å². The molecule has 3 rings (SSSR count). The van der Waals surface area contributed by atoms with Gasteiger partial charge in [-0.1, -0.05) is 12.1 Å². The second-order valence-electron chi connectivity index (χ2n) is 6.59. The number of allylic oxidation sites excluding steroid dienone is 1. The molecule has 1 aromatic heterocycles. The average Bonchev–Trinajstić information content (AvgIpc) is 3.03. The highest BCUT2D eigenvalue weighted by Gasteiger charge is 2.36. The molecule has 10 heteroatoms. The lowest BCUT2D eigenvalue weighted by Gasteiger charge is -2.26. The normalized spacial score (nSPS) is 16.2. The van der Waals surface area contributed by atoms with E-state index in [0.29, 0.717) is 5.56 Å².